The Morgan fingerprint density at radius 1 is 1.13 bits per heavy atom. The standard InChI is InChI=1S/C21H25N3O5S/c1-29-18-8-10-19(11-9-18)30(27,28)24-12-2-3-16(14-24)21(26)23-17-6-4-15(5-7-17)13-20(22)25/h4-11,16H,2-3,12-14H2,1H3,(H2,22,25)(H,23,26). The summed E-state index contributed by atoms with van der Waals surface area (Å²) in [6.45, 7) is 0.500. The predicted octanol–water partition coefficient (Wildman–Crippen LogP) is 1.76. The minimum Gasteiger partial charge on any atom is -0.497 e. The zero-order valence-electron chi connectivity index (χ0n) is 16.7. The van der Waals surface area contributed by atoms with E-state index in [9.17, 15) is 18.0 Å². The van der Waals surface area contributed by atoms with Crippen molar-refractivity contribution in [2.24, 2.45) is 11.7 Å². The van der Waals surface area contributed by atoms with Gasteiger partial charge < -0.3 is 15.8 Å². The first kappa shape index (κ1) is 21.8. The molecule has 8 nitrogen and oxygen atoms in total. The number of carbonyl (C=O) groups excluding carboxylic acids is 2. The average Bonchev–Trinajstić information content (AvgIpc) is 2.75. The van der Waals surface area contributed by atoms with Crippen LogP contribution in [0.5, 0.6) is 5.75 Å². The van der Waals surface area contributed by atoms with Crippen LogP contribution in [0.1, 0.15) is 18.4 Å². The largest absolute Gasteiger partial charge is 0.497 e. The van der Waals surface area contributed by atoms with Crippen LogP contribution in [0.3, 0.4) is 0 Å². The van der Waals surface area contributed by atoms with Crippen molar-refractivity contribution >= 4 is 27.5 Å². The van der Waals surface area contributed by atoms with Crippen LogP contribution in [0.15, 0.2) is 53.4 Å². The summed E-state index contributed by atoms with van der Waals surface area (Å²) in [7, 11) is -2.17. The molecule has 2 aromatic rings. The van der Waals surface area contributed by atoms with Crippen LogP contribution in [0, 0.1) is 5.92 Å². The maximum Gasteiger partial charge on any atom is 0.243 e. The molecule has 30 heavy (non-hydrogen) atoms. The molecule has 1 unspecified atom stereocenters. The van der Waals surface area contributed by atoms with Gasteiger partial charge in [-0.25, -0.2) is 8.42 Å². The average molecular weight is 432 g/mol. The molecule has 2 amide bonds. The number of piperidine rings is 1. The first-order valence-corrected chi connectivity index (χ1v) is 11.1. The summed E-state index contributed by atoms with van der Waals surface area (Å²) >= 11 is 0. The number of sulfonamides is 1. The molecular weight excluding hydrogens is 406 g/mol. The van der Waals surface area contributed by atoms with Crippen LogP contribution < -0.4 is 15.8 Å². The summed E-state index contributed by atoms with van der Waals surface area (Å²) in [4.78, 5) is 23.9. The van der Waals surface area contributed by atoms with Crippen molar-refractivity contribution in [1.82, 2.24) is 4.31 Å². The Hall–Kier alpha value is -2.91. The van der Waals surface area contributed by atoms with Gasteiger partial charge in [0.25, 0.3) is 0 Å². The fourth-order valence-electron chi connectivity index (χ4n) is 3.42. The molecule has 0 saturated carbocycles. The Kier molecular flexibility index (Phi) is 6.73. The molecule has 9 heteroatoms. The summed E-state index contributed by atoms with van der Waals surface area (Å²) in [5.41, 5.74) is 6.52. The Morgan fingerprint density at radius 3 is 2.40 bits per heavy atom. The number of benzene rings is 2. The van der Waals surface area contributed by atoms with E-state index >= 15 is 0 Å². The summed E-state index contributed by atoms with van der Waals surface area (Å²) in [5.74, 6) is -0.525. The van der Waals surface area contributed by atoms with Crippen LogP contribution >= 0.6 is 0 Å². The van der Waals surface area contributed by atoms with Crippen molar-refractivity contribution in [2.45, 2.75) is 24.2 Å². The highest BCUT2D eigenvalue weighted by Gasteiger charge is 2.33. The van der Waals surface area contributed by atoms with E-state index in [4.69, 9.17) is 10.5 Å². The third kappa shape index (κ3) is 5.17. The van der Waals surface area contributed by atoms with Gasteiger partial charge in [-0.15, -0.1) is 0 Å². The van der Waals surface area contributed by atoms with Gasteiger partial charge >= 0.3 is 0 Å². The minimum absolute atomic E-state index is 0.125. The zero-order chi connectivity index (χ0) is 21.7. The van der Waals surface area contributed by atoms with Crippen molar-refractivity contribution < 1.29 is 22.7 Å². The normalized spacial score (nSPS) is 17.3. The number of rotatable bonds is 7. The number of nitrogens with zero attached hydrogens (tertiary/aromatic N) is 1. The van der Waals surface area contributed by atoms with E-state index in [1.165, 1.54) is 23.5 Å². The molecule has 1 aliphatic heterocycles. The van der Waals surface area contributed by atoms with Gasteiger partial charge in [0.15, 0.2) is 0 Å². The van der Waals surface area contributed by atoms with Crippen molar-refractivity contribution in [3.05, 3.63) is 54.1 Å². The highest BCUT2D eigenvalue weighted by molar-refractivity contribution is 7.89. The molecule has 0 aromatic heterocycles. The van der Waals surface area contributed by atoms with E-state index in [0.29, 0.717) is 30.8 Å². The van der Waals surface area contributed by atoms with Crippen LogP contribution in [0.25, 0.3) is 0 Å². The molecule has 1 heterocycles. The molecule has 0 bridgehead atoms. The van der Waals surface area contributed by atoms with Crippen LogP contribution in [-0.2, 0) is 26.0 Å². The lowest BCUT2D eigenvalue weighted by Gasteiger charge is -2.31. The molecule has 1 aliphatic rings. The Morgan fingerprint density at radius 2 is 1.80 bits per heavy atom. The Balaban J connectivity index is 1.66. The summed E-state index contributed by atoms with van der Waals surface area (Å²) in [6, 6.07) is 13.1. The van der Waals surface area contributed by atoms with Gasteiger partial charge in [0, 0.05) is 18.8 Å². The molecule has 3 N–H and O–H groups in total. The molecule has 1 saturated heterocycles. The van der Waals surface area contributed by atoms with Gasteiger partial charge in [-0.3, -0.25) is 9.59 Å². The second kappa shape index (κ2) is 9.27. The van der Waals surface area contributed by atoms with Crippen LogP contribution in [-0.4, -0.2) is 44.7 Å². The van der Waals surface area contributed by atoms with Crippen molar-refractivity contribution in [3.8, 4) is 5.75 Å². The maximum absolute atomic E-state index is 13.0. The van der Waals surface area contributed by atoms with Crippen molar-refractivity contribution in [1.29, 1.82) is 0 Å². The first-order chi connectivity index (χ1) is 14.3. The minimum atomic E-state index is -3.69. The molecule has 0 aliphatic carbocycles. The summed E-state index contributed by atoms with van der Waals surface area (Å²) in [6.07, 6.45) is 1.35. The quantitative estimate of drug-likeness (QED) is 0.692. The molecule has 3 rings (SSSR count). The third-order valence-electron chi connectivity index (χ3n) is 5.05. The number of nitrogens with one attached hydrogen (secondary N) is 1. The number of carbonyl (C=O) groups is 2. The fourth-order valence-corrected chi connectivity index (χ4v) is 4.95. The predicted molar refractivity (Wildman–Crippen MR) is 112 cm³/mol. The number of amides is 2. The van der Waals surface area contributed by atoms with E-state index in [1.54, 1.807) is 36.4 Å². The number of methoxy groups -OCH3 is 1. The molecule has 1 atom stereocenters. The van der Waals surface area contributed by atoms with Gasteiger partial charge in [0.05, 0.1) is 24.3 Å². The van der Waals surface area contributed by atoms with Crippen LogP contribution in [0.4, 0.5) is 5.69 Å². The maximum atomic E-state index is 13.0. The SMILES string of the molecule is COc1ccc(S(=O)(=O)N2CCCC(C(=O)Nc3ccc(CC(N)=O)cc3)C2)cc1. The molecule has 160 valence electrons. The number of hydrogen-bond acceptors (Lipinski definition) is 5. The number of ether oxygens (including phenoxy) is 1. The second-order valence-electron chi connectivity index (χ2n) is 7.21. The van der Waals surface area contributed by atoms with E-state index in [1.807, 2.05) is 0 Å². The van der Waals surface area contributed by atoms with Crippen molar-refractivity contribution in [2.75, 3.05) is 25.5 Å². The lowest BCUT2D eigenvalue weighted by atomic mass is 9.98. The molecule has 0 radical (unpaired) electrons. The van der Waals surface area contributed by atoms with E-state index in [-0.39, 0.29) is 23.8 Å². The smallest absolute Gasteiger partial charge is 0.243 e. The number of anilines is 1. The second-order valence-corrected chi connectivity index (χ2v) is 9.14. The third-order valence-corrected chi connectivity index (χ3v) is 6.93. The topological polar surface area (TPSA) is 119 Å². The molecule has 1 fully saturated rings. The van der Waals surface area contributed by atoms with Crippen LogP contribution in [0.2, 0.25) is 0 Å². The summed E-state index contributed by atoms with van der Waals surface area (Å²) < 4.78 is 32.3. The molecule has 2 aromatic carbocycles. The highest BCUT2D eigenvalue weighted by atomic mass is 32.2. The fraction of sp³-hybridized carbons (Fsp3) is 0.333. The number of primary amides is 1. The highest BCUT2D eigenvalue weighted by Crippen LogP contribution is 2.26. The monoisotopic (exact) mass is 431 g/mol. The molecular formula is C21H25N3O5S. The summed E-state index contributed by atoms with van der Waals surface area (Å²) in [5, 5.41) is 2.83. The van der Waals surface area contributed by atoms with Gasteiger partial charge in [0.1, 0.15) is 5.75 Å². The van der Waals surface area contributed by atoms with Gasteiger partial charge in [0.2, 0.25) is 21.8 Å². The zero-order valence-corrected chi connectivity index (χ0v) is 17.5. The Labute approximate surface area is 176 Å². The number of hydrogen-bond donors (Lipinski definition) is 2. The first-order valence-electron chi connectivity index (χ1n) is 9.62. The van der Waals surface area contributed by atoms with E-state index in [2.05, 4.69) is 5.32 Å². The van der Waals surface area contributed by atoms with Gasteiger partial charge in [-0.05, 0) is 54.8 Å². The van der Waals surface area contributed by atoms with E-state index in [0.717, 1.165) is 5.56 Å². The number of nitrogens with two attached hydrogens (primary N) is 1. The van der Waals surface area contributed by atoms with Gasteiger partial charge in [-0.2, -0.15) is 4.31 Å². The van der Waals surface area contributed by atoms with Crippen molar-refractivity contribution in [3.63, 3.8) is 0 Å². The lowest BCUT2D eigenvalue weighted by molar-refractivity contribution is -0.121. The molecule has 0 spiro atoms. The van der Waals surface area contributed by atoms with Gasteiger partial charge in [-0.1, -0.05) is 12.1 Å². The Bertz CT molecular complexity index is 1000. The van der Waals surface area contributed by atoms with E-state index < -0.39 is 21.8 Å². The lowest BCUT2D eigenvalue weighted by Crippen LogP contribution is -2.43.